The number of alkyl halides is 1. The van der Waals surface area contributed by atoms with Crippen LogP contribution in [0.5, 0.6) is 5.75 Å². The monoisotopic (exact) mass is 238 g/mol. The summed E-state index contributed by atoms with van der Waals surface area (Å²) >= 11 is 6.07. The molecule has 1 aliphatic carbocycles. The molecule has 0 radical (unpaired) electrons. The maximum atomic E-state index is 6.07. The fraction of sp³-hybridized carbons (Fsp3) is 0.571. The molecule has 0 heterocycles. The van der Waals surface area contributed by atoms with E-state index >= 15 is 0 Å². The van der Waals surface area contributed by atoms with E-state index in [9.17, 15) is 0 Å². The van der Waals surface area contributed by atoms with Crippen LogP contribution < -0.4 is 4.74 Å². The summed E-state index contributed by atoms with van der Waals surface area (Å²) in [6, 6.07) is 8.34. The number of hydrogen-bond acceptors (Lipinski definition) is 1. The zero-order valence-corrected chi connectivity index (χ0v) is 10.5. The van der Waals surface area contributed by atoms with Crippen LogP contribution in [0.4, 0.5) is 0 Å². The number of ether oxygens (including phenoxy) is 1. The summed E-state index contributed by atoms with van der Waals surface area (Å²) in [5, 5.41) is 0. The van der Waals surface area contributed by atoms with E-state index in [-0.39, 0.29) is 0 Å². The third kappa shape index (κ3) is 2.70. The largest absolute Gasteiger partial charge is 0.497 e. The first-order chi connectivity index (χ1) is 7.83. The second-order valence-corrected chi connectivity index (χ2v) is 4.97. The molecular formula is C14H19ClO. The Morgan fingerprint density at radius 3 is 2.81 bits per heavy atom. The standard InChI is InChI=1S/C14H19ClO/c1-16-14-7-2-4-11(9-14)8-13(10-15)12-5-3-6-12/h2,4,7,9,12-13H,3,5-6,8,10H2,1H3. The van der Waals surface area contributed by atoms with Crippen LogP contribution in [0.15, 0.2) is 24.3 Å². The summed E-state index contributed by atoms with van der Waals surface area (Å²) in [6.45, 7) is 0. The molecule has 0 aromatic heterocycles. The van der Waals surface area contributed by atoms with Gasteiger partial charge in [-0.25, -0.2) is 0 Å². The van der Waals surface area contributed by atoms with Crippen LogP contribution in [0.25, 0.3) is 0 Å². The Labute approximate surface area is 103 Å². The van der Waals surface area contributed by atoms with E-state index in [0.29, 0.717) is 5.92 Å². The van der Waals surface area contributed by atoms with Crippen molar-refractivity contribution in [1.29, 1.82) is 0 Å². The van der Waals surface area contributed by atoms with Gasteiger partial charge in [-0.3, -0.25) is 0 Å². The second kappa shape index (κ2) is 5.58. The molecular weight excluding hydrogens is 220 g/mol. The fourth-order valence-corrected chi connectivity index (χ4v) is 2.72. The summed E-state index contributed by atoms with van der Waals surface area (Å²) in [6.07, 6.45) is 5.20. The fourth-order valence-electron chi connectivity index (χ4n) is 2.36. The van der Waals surface area contributed by atoms with E-state index in [2.05, 4.69) is 18.2 Å². The van der Waals surface area contributed by atoms with Crippen molar-refractivity contribution in [3.05, 3.63) is 29.8 Å². The Morgan fingerprint density at radius 1 is 1.44 bits per heavy atom. The lowest BCUT2D eigenvalue weighted by molar-refractivity contribution is 0.222. The lowest BCUT2D eigenvalue weighted by atomic mass is 9.74. The Bertz CT molecular complexity index is 333. The molecule has 0 aliphatic heterocycles. The number of rotatable bonds is 5. The molecule has 0 bridgehead atoms. The van der Waals surface area contributed by atoms with Gasteiger partial charge in [0.25, 0.3) is 0 Å². The quantitative estimate of drug-likeness (QED) is 0.708. The maximum Gasteiger partial charge on any atom is 0.119 e. The summed E-state index contributed by atoms with van der Waals surface area (Å²) in [4.78, 5) is 0. The van der Waals surface area contributed by atoms with Crippen LogP contribution in [0, 0.1) is 11.8 Å². The molecule has 1 saturated carbocycles. The lowest BCUT2D eigenvalue weighted by Crippen LogP contribution is -2.25. The van der Waals surface area contributed by atoms with Crippen molar-refractivity contribution >= 4 is 11.6 Å². The molecule has 1 unspecified atom stereocenters. The molecule has 1 fully saturated rings. The smallest absolute Gasteiger partial charge is 0.119 e. The number of hydrogen-bond donors (Lipinski definition) is 0. The van der Waals surface area contributed by atoms with Crippen LogP contribution in [-0.4, -0.2) is 13.0 Å². The van der Waals surface area contributed by atoms with Gasteiger partial charge in [0.05, 0.1) is 7.11 Å². The molecule has 1 aromatic rings. The van der Waals surface area contributed by atoms with Gasteiger partial charge in [-0.05, 0) is 36.0 Å². The molecule has 1 aromatic carbocycles. The van der Waals surface area contributed by atoms with Gasteiger partial charge >= 0.3 is 0 Å². The number of benzene rings is 1. The first-order valence-corrected chi connectivity index (χ1v) is 6.56. The molecule has 0 amide bonds. The average Bonchev–Trinajstić information content (AvgIpc) is 2.26. The van der Waals surface area contributed by atoms with Gasteiger partial charge in [0.15, 0.2) is 0 Å². The first-order valence-electron chi connectivity index (χ1n) is 6.02. The Hall–Kier alpha value is -0.690. The molecule has 0 N–H and O–H groups in total. The number of halogens is 1. The van der Waals surface area contributed by atoms with Crippen molar-refractivity contribution in [3.63, 3.8) is 0 Å². The van der Waals surface area contributed by atoms with Gasteiger partial charge in [0, 0.05) is 5.88 Å². The predicted molar refractivity (Wildman–Crippen MR) is 68.2 cm³/mol. The third-order valence-electron chi connectivity index (χ3n) is 3.65. The molecule has 1 nitrogen and oxygen atoms in total. The molecule has 1 atom stereocenters. The summed E-state index contributed by atoms with van der Waals surface area (Å²) in [5.41, 5.74) is 1.34. The van der Waals surface area contributed by atoms with Crippen LogP contribution >= 0.6 is 11.6 Å². The van der Waals surface area contributed by atoms with E-state index in [1.54, 1.807) is 7.11 Å². The van der Waals surface area contributed by atoms with Gasteiger partial charge in [-0.2, -0.15) is 0 Å². The Morgan fingerprint density at radius 2 is 2.25 bits per heavy atom. The highest BCUT2D eigenvalue weighted by Crippen LogP contribution is 2.36. The van der Waals surface area contributed by atoms with Crippen LogP contribution in [0.2, 0.25) is 0 Å². The van der Waals surface area contributed by atoms with Gasteiger partial charge < -0.3 is 4.74 Å². The molecule has 1 aliphatic rings. The zero-order chi connectivity index (χ0) is 11.4. The van der Waals surface area contributed by atoms with Crippen LogP contribution in [0.1, 0.15) is 24.8 Å². The van der Waals surface area contributed by atoms with E-state index in [0.717, 1.165) is 24.0 Å². The maximum absolute atomic E-state index is 6.07. The highest BCUT2D eigenvalue weighted by molar-refractivity contribution is 6.18. The van der Waals surface area contributed by atoms with Gasteiger partial charge in [0.1, 0.15) is 5.75 Å². The molecule has 2 rings (SSSR count). The molecule has 2 heteroatoms. The molecule has 16 heavy (non-hydrogen) atoms. The van der Waals surface area contributed by atoms with Crippen molar-refractivity contribution in [2.45, 2.75) is 25.7 Å². The van der Waals surface area contributed by atoms with Crippen molar-refractivity contribution in [3.8, 4) is 5.75 Å². The minimum absolute atomic E-state index is 0.641. The van der Waals surface area contributed by atoms with Crippen molar-refractivity contribution in [1.82, 2.24) is 0 Å². The van der Waals surface area contributed by atoms with Gasteiger partial charge in [0.2, 0.25) is 0 Å². The minimum Gasteiger partial charge on any atom is -0.497 e. The zero-order valence-electron chi connectivity index (χ0n) is 9.79. The third-order valence-corrected chi connectivity index (χ3v) is 4.04. The lowest BCUT2D eigenvalue weighted by Gasteiger charge is -2.32. The van der Waals surface area contributed by atoms with Gasteiger partial charge in [-0.1, -0.05) is 31.4 Å². The van der Waals surface area contributed by atoms with E-state index in [1.807, 2.05) is 6.07 Å². The molecule has 88 valence electrons. The molecule has 0 spiro atoms. The predicted octanol–water partition coefficient (Wildman–Crippen LogP) is 3.89. The van der Waals surface area contributed by atoms with Crippen LogP contribution in [-0.2, 0) is 6.42 Å². The number of methoxy groups -OCH3 is 1. The highest BCUT2D eigenvalue weighted by atomic mass is 35.5. The SMILES string of the molecule is COc1cccc(CC(CCl)C2CCC2)c1. The summed E-state index contributed by atoms with van der Waals surface area (Å²) < 4.78 is 5.24. The summed E-state index contributed by atoms with van der Waals surface area (Å²) in [5.74, 6) is 3.22. The van der Waals surface area contributed by atoms with Crippen molar-refractivity contribution in [2.24, 2.45) is 11.8 Å². The Balaban J connectivity index is 2.00. The van der Waals surface area contributed by atoms with Crippen molar-refractivity contribution < 1.29 is 4.74 Å². The normalized spacial score (nSPS) is 17.9. The van der Waals surface area contributed by atoms with E-state index in [1.165, 1.54) is 24.8 Å². The topological polar surface area (TPSA) is 9.23 Å². The van der Waals surface area contributed by atoms with E-state index < -0.39 is 0 Å². The van der Waals surface area contributed by atoms with Crippen LogP contribution in [0.3, 0.4) is 0 Å². The summed E-state index contributed by atoms with van der Waals surface area (Å²) in [7, 11) is 1.71. The Kier molecular flexibility index (Phi) is 4.11. The first kappa shape index (κ1) is 11.8. The second-order valence-electron chi connectivity index (χ2n) is 4.66. The van der Waals surface area contributed by atoms with Gasteiger partial charge in [-0.15, -0.1) is 11.6 Å². The van der Waals surface area contributed by atoms with Crippen molar-refractivity contribution in [2.75, 3.05) is 13.0 Å². The molecule has 0 saturated heterocycles. The average molecular weight is 239 g/mol. The van der Waals surface area contributed by atoms with E-state index in [4.69, 9.17) is 16.3 Å². The minimum atomic E-state index is 0.641. The highest BCUT2D eigenvalue weighted by Gasteiger charge is 2.26.